The van der Waals surface area contributed by atoms with Gasteiger partial charge in [-0.3, -0.25) is 0 Å². The van der Waals surface area contributed by atoms with Gasteiger partial charge in [0.2, 0.25) is 0 Å². The molecule has 0 bridgehead atoms. The van der Waals surface area contributed by atoms with Crippen LogP contribution in [0.15, 0.2) is 30.3 Å². The first kappa shape index (κ1) is 15.8. The smallest absolute Gasteiger partial charge is 0.315 e. The predicted octanol–water partition coefficient (Wildman–Crippen LogP) is 1.70. The second-order valence-corrected chi connectivity index (χ2v) is 4.68. The van der Waals surface area contributed by atoms with Crippen molar-refractivity contribution < 1.29 is 4.79 Å². The Kier molecular flexibility index (Phi) is 7.30. The van der Waals surface area contributed by atoms with E-state index in [1.54, 1.807) is 0 Å². The summed E-state index contributed by atoms with van der Waals surface area (Å²) in [6, 6.07) is 10.4. The van der Waals surface area contributed by atoms with E-state index in [9.17, 15) is 4.79 Å². The van der Waals surface area contributed by atoms with Crippen LogP contribution in [0.1, 0.15) is 18.4 Å². The average Bonchev–Trinajstić information content (AvgIpc) is 2.41. The highest BCUT2D eigenvalue weighted by Gasteiger charge is 2.14. The van der Waals surface area contributed by atoms with Crippen molar-refractivity contribution in [1.82, 2.24) is 16.0 Å². The third-order valence-electron chi connectivity index (χ3n) is 3.17. The maximum Gasteiger partial charge on any atom is 0.315 e. The van der Waals surface area contributed by atoms with Gasteiger partial charge in [-0.1, -0.05) is 30.3 Å². The molecule has 0 aliphatic carbocycles. The molecule has 5 heteroatoms. The van der Waals surface area contributed by atoms with Crippen molar-refractivity contribution in [2.24, 2.45) is 0 Å². The fourth-order valence-corrected chi connectivity index (χ4v) is 2.18. The molecule has 19 heavy (non-hydrogen) atoms. The molecule has 2 rings (SSSR count). The summed E-state index contributed by atoms with van der Waals surface area (Å²) in [6.07, 6.45) is 3.07. The molecule has 1 heterocycles. The number of hydrogen-bond donors (Lipinski definition) is 3. The molecule has 2 amide bonds. The lowest BCUT2D eigenvalue weighted by molar-refractivity contribution is 0.234. The molecular weight excluding hydrogens is 262 g/mol. The number of piperidine rings is 1. The van der Waals surface area contributed by atoms with Crippen LogP contribution >= 0.6 is 12.4 Å². The number of carbonyl (C=O) groups is 1. The number of rotatable bonds is 4. The SMILES string of the molecule is Cl.O=C(NCCc1ccccc1)N[C@@H]1CCCNC1. The van der Waals surface area contributed by atoms with E-state index in [1.807, 2.05) is 18.2 Å². The summed E-state index contributed by atoms with van der Waals surface area (Å²) in [5.74, 6) is 0. The minimum atomic E-state index is -0.0559. The minimum absolute atomic E-state index is 0. The van der Waals surface area contributed by atoms with E-state index in [0.29, 0.717) is 6.54 Å². The van der Waals surface area contributed by atoms with Crippen molar-refractivity contribution in [3.63, 3.8) is 0 Å². The van der Waals surface area contributed by atoms with Crippen molar-refractivity contribution in [1.29, 1.82) is 0 Å². The first-order chi connectivity index (χ1) is 8.84. The van der Waals surface area contributed by atoms with E-state index < -0.39 is 0 Å². The second kappa shape index (κ2) is 8.77. The molecule has 0 unspecified atom stereocenters. The van der Waals surface area contributed by atoms with Crippen LogP contribution in [0.2, 0.25) is 0 Å². The molecule has 4 nitrogen and oxygen atoms in total. The van der Waals surface area contributed by atoms with Gasteiger partial charge in [0.15, 0.2) is 0 Å². The van der Waals surface area contributed by atoms with Crippen LogP contribution in [0.25, 0.3) is 0 Å². The summed E-state index contributed by atoms with van der Waals surface area (Å²) in [4.78, 5) is 11.7. The molecule has 1 atom stereocenters. The Hall–Kier alpha value is -1.26. The van der Waals surface area contributed by atoms with Crippen molar-refractivity contribution >= 4 is 18.4 Å². The van der Waals surface area contributed by atoms with Crippen molar-refractivity contribution in [2.75, 3.05) is 19.6 Å². The highest BCUT2D eigenvalue weighted by Crippen LogP contribution is 2.01. The van der Waals surface area contributed by atoms with Gasteiger partial charge in [0.1, 0.15) is 0 Å². The summed E-state index contributed by atoms with van der Waals surface area (Å²) in [5.41, 5.74) is 1.25. The van der Waals surface area contributed by atoms with Gasteiger partial charge < -0.3 is 16.0 Å². The fraction of sp³-hybridized carbons (Fsp3) is 0.500. The molecule has 1 aromatic rings. The normalized spacial score (nSPS) is 18.2. The quantitative estimate of drug-likeness (QED) is 0.788. The van der Waals surface area contributed by atoms with Crippen LogP contribution < -0.4 is 16.0 Å². The Morgan fingerprint density at radius 1 is 1.32 bits per heavy atom. The van der Waals surface area contributed by atoms with Gasteiger partial charge >= 0.3 is 6.03 Å². The standard InChI is InChI=1S/C14H21N3O.ClH/c18-14(17-13-7-4-9-15-11-13)16-10-8-12-5-2-1-3-6-12;/h1-3,5-6,13,15H,4,7-11H2,(H2,16,17,18);1H/t13-;/m1./s1. The van der Waals surface area contributed by atoms with Gasteiger partial charge in [0.25, 0.3) is 0 Å². The fourth-order valence-electron chi connectivity index (χ4n) is 2.18. The Morgan fingerprint density at radius 2 is 2.11 bits per heavy atom. The van der Waals surface area contributed by atoms with Gasteiger partial charge in [-0.2, -0.15) is 0 Å². The molecular formula is C14H22ClN3O. The summed E-state index contributed by atoms with van der Waals surface area (Å²) in [7, 11) is 0. The Balaban J connectivity index is 0.00000180. The first-order valence-corrected chi connectivity index (χ1v) is 6.63. The third-order valence-corrected chi connectivity index (χ3v) is 3.17. The van der Waals surface area contributed by atoms with E-state index >= 15 is 0 Å². The summed E-state index contributed by atoms with van der Waals surface area (Å²) < 4.78 is 0. The molecule has 3 N–H and O–H groups in total. The molecule has 1 aliphatic heterocycles. The molecule has 106 valence electrons. The zero-order valence-electron chi connectivity index (χ0n) is 11.0. The van der Waals surface area contributed by atoms with Crippen molar-refractivity contribution in [3.05, 3.63) is 35.9 Å². The van der Waals surface area contributed by atoms with E-state index in [1.165, 1.54) is 5.56 Å². The molecule has 0 saturated carbocycles. The van der Waals surface area contributed by atoms with E-state index in [0.717, 1.165) is 32.4 Å². The Morgan fingerprint density at radius 3 is 2.79 bits per heavy atom. The maximum absolute atomic E-state index is 11.7. The molecule has 0 aromatic heterocycles. The average molecular weight is 284 g/mol. The van der Waals surface area contributed by atoms with Gasteiger partial charge in [-0.25, -0.2) is 4.79 Å². The highest BCUT2D eigenvalue weighted by atomic mass is 35.5. The van der Waals surface area contributed by atoms with Crippen LogP contribution in [-0.4, -0.2) is 31.7 Å². The van der Waals surface area contributed by atoms with Crippen LogP contribution in [0.3, 0.4) is 0 Å². The van der Waals surface area contributed by atoms with Crippen molar-refractivity contribution in [2.45, 2.75) is 25.3 Å². The van der Waals surface area contributed by atoms with Gasteiger partial charge in [0.05, 0.1) is 0 Å². The molecule has 1 saturated heterocycles. The number of urea groups is 1. The lowest BCUT2D eigenvalue weighted by Crippen LogP contribution is -2.49. The minimum Gasteiger partial charge on any atom is -0.338 e. The molecule has 0 spiro atoms. The van der Waals surface area contributed by atoms with Crippen LogP contribution in [0.4, 0.5) is 4.79 Å². The van der Waals surface area contributed by atoms with Gasteiger partial charge in [-0.05, 0) is 31.4 Å². The van der Waals surface area contributed by atoms with Crippen LogP contribution in [0, 0.1) is 0 Å². The summed E-state index contributed by atoms with van der Waals surface area (Å²) in [5, 5.41) is 9.17. The number of halogens is 1. The lowest BCUT2D eigenvalue weighted by atomic mass is 10.1. The number of carbonyl (C=O) groups excluding carboxylic acids is 1. The van der Waals surface area contributed by atoms with E-state index in [4.69, 9.17) is 0 Å². The largest absolute Gasteiger partial charge is 0.338 e. The zero-order chi connectivity index (χ0) is 12.6. The first-order valence-electron chi connectivity index (χ1n) is 6.63. The zero-order valence-corrected chi connectivity index (χ0v) is 11.8. The highest BCUT2D eigenvalue weighted by molar-refractivity contribution is 5.85. The van der Waals surface area contributed by atoms with Gasteiger partial charge in [0, 0.05) is 19.1 Å². The topological polar surface area (TPSA) is 53.2 Å². The Labute approximate surface area is 120 Å². The van der Waals surface area contributed by atoms with E-state index in [2.05, 4.69) is 28.1 Å². The number of amides is 2. The number of benzene rings is 1. The number of nitrogens with one attached hydrogen (secondary N) is 3. The van der Waals surface area contributed by atoms with Gasteiger partial charge in [-0.15, -0.1) is 12.4 Å². The van der Waals surface area contributed by atoms with E-state index in [-0.39, 0.29) is 24.5 Å². The molecule has 0 radical (unpaired) electrons. The van der Waals surface area contributed by atoms with Crippen LogP contribution in [0.5, 0.6) is 0 Å². The second-order valence-electron chi connectivity index (χ2n) is 4.68. The lowest BCUT2D eigenvalue weighted by Gasteiger charge is -2.23. The maximum atomic E-state index is 11.7. The molecule has 1 aromatic carbocycles. The van der Waals surface area contributed by atoms with Crippen molar-refractivity contribution in [3.8, 4) is 0 Å². The molecule has 1 aliphatic rings. The molecule has 1 fully saturated rings. The predicted molar refractivity (Wildman–Crippen MR) is 79.8 cm³/mol. The third kappa shape index (κ3) is 5.94. The monoisotopic (exact) mass is 283 g/mol. The summed E-state index contributed by atoms with van der Waals surface area (Å²) in [6.45, 7) is 2.62. The number of hydrogen-bond acceptors (Lipinski definition) is 2. The Bertz CT molecular complexity index is 366. The van der Waals surface area contributed by atoms with Crippen LogP contribution in [-0.2, 0) is 6.42 Å². The summed E-state index contributed by atoms with van der Waals surface area (Å²) >= 11 is 0.